The summed E-state index contributed by atoms with van der Waals surface area (Å²) in [5.41, 5.74) is -0.336. The maximum Gasteiger partial charge on any atom is 0.410 e. The van der Waals surface area contributed by atoms with Gasteiger partial charge in [-0.25, -0.2) is 23.5 Å². The van der Waals surface area contributed by atoms with Crippen molar-refractivity contribution < 1.29 is 27.5 Å². The molecule has 0 spiro atoms. The molecule has 3 aromatic heterocycles. The Balaban J connectivity index is 0.960. The molecular weight excluding hydrogens is 634 g/mol. The van der Waals surface area contributed by atoms with E-state index < -0.39 is 23.6 Å². The number of rotatable bonds is 12. The summed E-state index contributed by atoms with van der Waals surface area (Å²) in [6.07, 6.45) is 9.49. The van der Waals surface area contributed by atoms with Crippen molar-refractivity contribution in [1.29, 1.82) is 0 Å². The third-order valence-electron chi connectivity index (χ3n) is 9.51. The van der Waals surface area contributed by atoms with Gasteiger partial charge in [-0.05, 0) is 103 Å². The molecule has 2 amide bonds. The first kappa shape index (κ1) is 34.8. The molecule has 1 saturated carbocycles. The SMILES string of the molecule is CC(C)(C)OC(=O)N1CCC(CCCN2CCC(n3cc(NC(=O)c4coc(-c5ccnc(NCC6CC6)c5)n4)c(C(F)F)n3)CC2)CC1. The Labute approximate surface area is 286 Å². The number of anilines is 2. The van der Waals surface area contributed by atoms with Gasteiger partial charge < -0.3 is 29.6 Å². The normalized spacial score (nSPS) is 18.2. The van der Waals surface area contributed by atoms with E-state index in [0.29, 0.717) is 23.2 Å². The van der Waals surface area contributed by atoms with Gasteiger partial charge in [-0.1, -0.05) is 0 Å². The zero-order chi connectivity index (χ0) is 34.5. The van der Waals surface area contributed by atoms with Crippen molar-refractivity contribution in [3.63, 3.8) is 0 Å². The molecule has 0 unspecified atom stereocenters. The molecular formula is C35H48F2N8O4. The molecule has 49 heavy (non-hydrogen) atoms. The highest BCUT2D eigenvalue weighted by atomic mass is 19.3. The van der Waals surface area contributed by atoms with E-state index in [4.69, 9.17) is 9.15 Å². The van der Waals surface area contributed by atoms with Crippen molar-refractivity contribution >= 4 is 23.5 Å². The molecule has 3 fully saturated rings. The quantitative estimate of drug-likeness (QED) is 0.207. The first-order chi connectivity index (χ1) is 23.5. The van der Waals surface area contributed by atoms with Gasteiger partial charge in [0.05, 0.1) is 11.7 Å². The van der Waals surface area contributed by atoms with Crippen LogP contribution in [-0.2, 0) is 4.74 Å². The van der Waals surface area contributed by atoms with Crippen LogP contribution >= 0.6 is 0 Å². The highest BCUT2D eigenvalue weighted by molar-refractivity contribution is 6.03. The molecule has 266 valence electrons. The minimum absolute atomic E-state index is 0.0193. The average molecular weight is 683 g/mol. The van der Waals surface area contributed by atoms with E-state index in [1.807, 2.05) is 25.7 Å². The summed E-state index contributed by atoms with van der Waals surface area (Å²) in [5, 5.41) is 10.1. The Morgan fingerprint density at radius 1 is 1.06 bits per heavy atom. The second-order valence-corrected chi connectivity index (χ2v) is 14.6. The predicted octanol–water partition coefficient (Wildman–Crippen LogP) is 7.01. The monoisotopic (exact) mass is 682 g/mol. The lowest BCUT2D eigenvalue weighted by molar-refractivity contribution is 0.0179. The van der Waals surface area contributed by atoms with Gasteiger partial charge in [0.1, 0.15) is 17.7 Å². The molecule has 14 heteroatoms. The Bertz CT molecular complexity index is 1570. The first-order valence-electron chi connectivity index (χ1n) is 17.6. The van der Waals surface area contributed by atoms with Gasteiger partial charge in [-0.2, -0.15) is 5.10 Å². The molecule has 5 heterocycles. The number of amides is 2. The van der Waals surface area contributed by atoms with Crippen LogP contribution in [0.1, 0.15) is 101 Å². The van der Waals surface area contributed by atoms with Crippen molar-refractivity contribution in [2.45, 2.75) is 90.2 Å². The molecule has 2 aliphatic heterocycles. The van der Waals surface area contributed by atoms with E-state index in [-0.39, 0.29) is 29.4 Å². The van der Waals surface area contributed by atoms with Crippen molar-refractivity contribution in [2.24, 2.45) is 11.8 Å². The fourth-order valence-corrected chi connectivity index (χ4v) is 6.52. The van der Waals surface area contributed by atoms with Crippen LogP contribution in [0.4, 0.5) is 25.1 Å². The second kappa shape index (κ2) is 15.2. The summed E-state index contributed by atoms with van der Waals surface area (Å²) in [7, 11) is 0. The number of halogens is 2. The maximum absolute atomic E-state index is 14.0. The molecule has 2 saturated heterocycles. The highest BCUT2D eigenvalue weighted by Crippen LogP contribution is 2.32. The minimum atomic E-state index is -2.85. The lowest BCUT2D eigenvalue weighted by atomic mass is 9.92. The van der Waals surface area contributed by atoms with Crippen LogP contribution in [-0.4, -0.2) is 86.4 Å². The van der Waals surface area contributed by atoms with E-state index in [1.165, 1.54) is 25.3 Å². The Hall–Kier alpha value is -4.07. The third-order valence-corrected chi connectivity index (χ3v) is 9.51. The summed E-state index contributed by atoms with van der Waals surface area (Å²) in [6.45, 7) is 10.7. The summed E-state index contributed by atoms with van der Waals surface area (Å²) in [6, 6.07) is 3.50. The summed E-state index contributed by atoms with van der Waals surface area (Å²) in [4.78, 5) is 38.3. The molecule has 3 aliphatic rings. The number of oxazole rings is 1. The van der Waals surface area contributed by atoms with Crippen molar-refractivity contribution in [2.75, 3.05) is 49.9 Å². The second-order valence-electron chi connectivity index (χ2n) is 14.6. The highest BCUT2D eigenvalue weighted by Gasteiger charge is 2.29. The fourth-order valence-electron chi connectivity index (χ4n) is 6.52. The summed E-state index contributed by atoms with van der Waals surface area (Å²) >= 11 is 0. The van der Waals surface area contributed by atoms with Gasteiger partial charge in [0.15, 0.2) is 11.4 Å². The van der Waals surface area contributed by atoms with Gasteiger partial charge in [0, 0.05) is 50.7 Å². The molecule has 2 N–H and O–H groups in total. The van der Waals surface area contributed by atoms with Crippen LogP contribution < -0.4 is 10.6 Å². The number of carbonyl (C=O) groups is 2. The molecule has 0 atom stereocenters. The van der Waals surface area contributed by atoms with Crippen molar-refractivity contribution in [3.05, 3.63) is 42.2 Å². The smallest absolute Gasteiger partial charge is 0.410 e. The zero-order valence-corrected chi connectivity index (χ0v) is 28.7. The Morgan fingerprint density at radius 3 is 2.51 bits per heavy atom. The molecule has 0 aromatic carbocycles. The van der Waals surface area contributed by atoms with Crippen LogP contribution in [0.5, 0.6) is 0 Å². The number of nitrogens with zero attached hydrogens (tertiary/aromatic N) is 6. The number of aromatic nitrogens is 4. The topological polar surface area (TPSA) is 131 Å². The molecule has 3 aromatic rings. The van der Waals surface area contributed by atoms with Crippen molar-refractivity contribution in [3.8, 4) is 11.5 Å². The van der Waals surface area contributed by atoms with Crippen LogP contribution in [0, 0.1) is 11.8 Å². The Kier molecular flexibility index (Phi) is 10.8. The number of ether oxygens (including phenoxy) is 1. The predicted molar refractivity (Wildman–Crippen MR) is 181 cm³/mol. The number of piperidine rings is 2. The number of nitrogens with one attached hydrogen (secondary N) is 2. The fraction of sp³-hybridized carbons (Fsp3) is 0.629. The van der Waals surface area contributed by atoms with E-state index in [2.05, 4.69) is 30.6 Å². The molecule has 6 rings (SSSR count). The molecule has 0 radical (unpaired) electrons. The Morgan fingerprint density at radius 2 is 1.82 bits per heavy atom. The van der Waals surface area contributed by atoms with Crippen LogP contribution in [0.15, 0.2) is 35.2 Å². The molecule has 1 aliphatic carbocycles. The maximum atomic E-state index is 14.0. The number of alkyl halides is 2. The third kappa shape index (κ3) is 9.55. The van der Waals surface area contributed by atoms with Crippen LogP contribution in [0.25, 0.3) is 11.5 Å². The number of likely N-dealkylation sites (tertiary alicyclic amines) is 2. The summed E-state index contributed by atoms with van der Waals surface area (Å²) < 4.78 is 40.7. The number of hydrogen-bond acceptors (Lipinski definition) is 9. The molecule has 0 bridgehead atoms. The lowest BCUT2D eigenvalue weighted by Gasteiger charge is -2.34. The standard InChI is InChI=1S/C35H48F2N8O4/c1-35(2,3)49-34(47)44-17-9-23(10-18-44)5-4-14-43-15-11-26(12-16-43)45-21-27(30(42-45)31(36)37)40-32(46)28-22-48-33(41-28)25-8-13-38-29(19-25)39-20-24-6-7-24/h8,13,19,21-24,26,31H,4-7,9-12,14-18,20H2,1-3H3,(H,38,39)(H,40,46). The lowest BCUT2D eigenvalue weighted by Crippen LogP contribution is -2.41. The van der Waals surface area contributed by atoms with Crippen LogP contribution in [0.3, 0.4) is 0 Å². The van der Waals surface area contributed by atoms with Gasteiger partial charge in [-0.3, -0.25) is 9.48 Å². The minimum Gasteiger partial charge on any atom is -0.444 e. The van der Waals surface area contributed by atoms with Crippen molar-refractivity contribution in [1.82, 2.24) is 29.5 Å². The van der Waals surface area contributed by atoms with E-state index in [0.717, 1.165) is 77.8 Å². The van der Waals surface area contributed by atoms with Crippen LogP contribution in [0.2, 0.25) is 0 Å². The van der Waals surface area contributed by atoms with E-state index in [9.17, 15) is 18.4 Å². The zero-order valence-electron chi connectivity index (χ0n) is 28.7. The summed E-state index contributed by atoms with van der Waals surface area (Å²) in [5.74, 6) is 1.57. The number of pyridine rings is 1. The van der Waals surface area contributed by atoms with Gasteiger partial charge in [0.2, 0.25) is 5.89 Å². The van der Waals surface area contributed by atoms with Gasteiger partial charge >= 0.3 is 6.09 Å². The largest absolute Gasteiger partial charge is 0.444 e. The van der Waals surface area contributed by atoms with E-state index >= 15 is 0 Å². The first-order valence-corrected chi connectivity index (χ1v) is 17.6. The van der Waals surface area contributed by atoms with Gasteiger partial charge in [-0.15, -0.1) is 0 Å². The van der Waals surface area contributed by atoms with Gasteiger partial charge in [0.25, 0.3) is 12.3 Å². The average Bonchev–Trinajstić information content (AvgIpc) is 3.59. The molecule has 12 nitrogen and oxygen atoms in total. The number of carbonyl (C=O) groups excluding carboxylic acids is 2. The van der Waals surface area contributed by atoms with E-state index in [1.54, 1.807) is 23.0 Å². The number of hydrogen-bond donors (Lipinski definition) is 2.